The molecule has 0 aliphatic heterocycles. The smallest absolute Gasteiger partial charge is 0.0511 e. The van der Waals surface area contributed by atoms with E-state index < -0.39 is 0 Å². The van der Waals surface area contributed by atoms with Crippen LogP contribution in [0.5, 0.6) is 0 Å². The molecule has 0 spiro atoms. The van der Waals surface area contributed by atoms with Crippen LogP contribution in [-0.4, -0.2) is 0 Å². The molecule has 0 heterocycles. The average molecular weight is 282 g/mol. The van der Waals surface area contributed by atoms with Crippen LogP contribution in [0.15, 0.2) is 18.2 Å². The van der Waals surface area contributed by atoms with Gasteiger partial charge in [0, 0.05) is 10.7 Å². The third-order valence-corrected chi connectivity index (χ3v) is 4.72. The van der Waals surface area contributed by atoms with Crippen LogP contribution < -0.4 is 17.0 Å². The van der Waals surface area contributed by atoms with Gasteiger partial charge < -0.3 is 5.73 Å². The molecular weight excluding hydrogens is 258 g/mol. The molecule has 0 saturated heterocycles. The fourth-order valence-corrected chi connectivity index (χ4v) is 3.64. The number of hydrazine groups is 1. The lowest BCUT2D eigenvalue weighted by atomic mass is 9.72. The van der Waals surface area contributed by atoms with Crippen LogP contribution in [0.2, 0.25) is 5.02 Å². The number of hydrogen-bond donors (Lipinski definition) is 3. The molecule has 5 N–H and O–H groups in total. The van der Waals surface area contributed by atoms with E-state index in [1.54, 1.807) is 0 Å². The van der Waals surface area contributed by atoms with E-state index in [9.17, 15) is 0 Å². The van der Waals surface area contributed by atoms with E-state index in [1.807, 2.05) is 18.2 Å². The van der Waals surface area contributed by atoms with Crippen LogP contribution in [0.1, 0.15) is 50.6 Å². The van der Waals surface area contributed by atoms with Crippen molar-refractivity contribution in [3.8, 4) is 0 Å². The van der Waals surface area contributed by atoms with Crippen LogP contribution in [0.25, 0.3) is 0 Å². The molecule has 0 amide bonds. The number of benzene rings is 1. The minimum atomic E-state index is 0.127. The summed E-state index contributed by atoms with van der Waals surface area (Å²) in [5, 5.41) is 0.674. The largest absolute Gasteiger partial charge is 0.398 e. The second-order valence-corrected chi connectivity index (χ2v) is 5.97. The SMILES string of the molecule is CCC1CCCCC1C(NN)c1ccc(Cl)cc1N. The topological polar surface area (TPSA) is 64.1 Å². The van der Waals surface area contributed by atoms with Gasteiger partial charge in [-0.05, 0) is 36.0 Å². The molecule has 0 radical (unpaired) electrons. The molecule has 19 heavy (non-hydrogen) atoms. The van der Waals surface area contributed by atoms with Gasteiger partial charge in [-0.25, -0.2) is 0 Å². The molecule has 0 bridgehead atoms. The Hall–Kier alpha value is -0.770. The van der Waals surface area contributed by atoms with E-state index >= 15 is 0 Å². The quantitative estimate of drug-likeness (QED) is 0.448. The van der Waals surface area contributed by atoms with E-state index in [0.29, 0.717) is 10.9 Å². The van der Waals surface area contributed by atoms with Gasteiger partial charge in [0.2, 0.25) is 0 Å². The summed E-state index contributed by atoms with van der Waals surface area (Å²) < 4.78 is 0. The van der Waals surface area contributed by atoms with Crippen LogP contribution in [0.3, 0.4) is 0 Å². The van der Waals surface area contributed by atoms with Gasteiger partial charge in [-0.2, -0.15) is 0 Å². The second kappa shape index (κ2) is 6.60. The zero-order chi connectivity index (χ0) is 13.8. The Kier molecular flexibility index (Phi) is 5.08. The number of nitrogens with one attached hydrogen (secondary N) is 1. The maximum Gasteiger partial charge on any atom is 0.0511 e. The van der Waals surface area contributed by atoms with Gasteiger partial charge in [-0.3, -0.25) is 11.3 Å². The summed E-state index contributed by atoms with van der Waals surface area (Å²) in [6.07, 6.45) is 6.34. The first-order valence-corrected chi connectivity index (χ1v) is 7.56. The van der Waals surface area contributed by atoms with Gasteiger partial charge >= 0.3 is 0 Å². The van der Waals surface area contributed by atoms with Gasteiger partial charge in [-0.1, -0.05) is 50.3 Å². The summed E-state index contributed by atoms with van der Waals surface area (Å²) in [4.78, 5) is 0. The van der Waals surface area contributed by atoms with Crippen LogP contribution in [-0.2, 0) is 0 Å². The maximum absolute atomic E-state index is 6.11. The van der Waals surface area contributed by atoms with Gasteiger partial charge in [0.15, 0.2) is 0 Å². The molecule has 1 aliphatic rings. The summed E-state index contributed by atoms with van der Waals surface area (Å²) in [5.41, 5.74) is 10.9. The summed E-state index contributed by atoms with van der Waals surface area (Å²) in [6.45, 7) is 2.27. The standard InChI is InChI=1S/C15H24ClN3/c1-2-10-5-3-4-6-12(10)15(19-18)13-8-7-11(16)9-14(13)17/h7-10,12,15,19H,2-6,17-18H2,1H3. The van der Waals surface area contributed by atoms with E-state index in [-0.39, 0.29) is 6.04 Å². The van der Waals surface area contributed by atoms with Crippen molar-refractivity contribution in [1.29, 1.82) is 0 Å². The summed E-state index contributed by atoms with van der Waals surface area (Å²) in [5.74, 6) is 7.11. The fraction of sp³-hybridized carbons (Fsp3) is 0.600. The highest BCUT2D eigenvalue weighted by molar-refractivity contribution is 6.30. The van der Waals surface area contributed by atoms with Crippen LogP contribution >= 0.6 is 11.6 Å². The Bertz CT molecular complexity index is 422. The van der Waals surface area contributed by atoms with E-state index in [1.165, 1.54) is 32.1 Å². The first-order chi connectivity index (χ1) is 9.17. The van der Waals surface area contributed by atoms with Gasteiger partial charge in [-0.15, -0.1) is 0 Å². The van der Waals surface area contributed by atoms with Crippen molar-refractivity contribution in [2.24, 2.45) is 17.7 Å². The predicted molar refractivity (Wildman–Crippen MR) is 81.7 cm³/mol. The molecule has 3 atom stereocenters. The van der Waals surface area contributed by atoms with Gasteiger partial charge in [0.1, 0.15) is 0 Å². The highest BCUT2D eigenvalue weighted by atomic mass is 35.5. The number of rotatable bonds is 4. The highest BCUT2D eigenvalue weighted by Crippen LogP contribution is 2.41. The minimum Gasteiger partial charge on any atom is -0.398 e. The molecule has 1 aromatic rings. The van der Waals surface area contributed by atoms with Crippen molar-refractivity contribution >= 4 is 17.3 Å². The van der Waals surface area contributed by atoms with Crippen LogP contribution in [0, 0.1) is 11.8 Å². The Morgan fingerprint density at radius 2 is 2.11 bits per heavy atom. The fourth-order valence-electron chi connectivity index (χ4n) is 3.45. The molecule has 4 heteroatoms. The predicted octanol–water partition coefficient (Wildman–Crippen LogP) is 3.64. The Morgan fingerprint density at radius 3 is 2.74 bits per heavy atom. The third-order valence-electron chi connectivity index (χ3n) is 4.48. The molecule has 1 aliphatic carbocycles. The summed E-state index contributed by atoms with van der Waals surface area (Å²) in [7, 11) is 0. The number of nitrogens with two attached hydrogens (primary N) is 2. The van der Waals surface area contributed by atoms with E-state index in [0.717, 1.165) is 17.2 Å². The number of nitrogen functional groups attached to an aromatic ring is 1. The first kappa shape index (κ1) is 14.6. The number of anilines is 1. The lowest BCUT2D eigenvalue weighted by molar-refractivity contribution is 0.176. The molecular formula is C15H24ClN3. The van der Waals surface area contributed by atoms with E-state index in [4.69, 9.17) is 23.2 Å². The zero-order valence-electron chi connectivity index (χ0n) is 11.5. The first-order valence-electron chi connectivity index (χ1n) is 7.18. The van der Waals surface area contributed by atoms with Crippen molar-refractivity contribution in [2.45, 2.75) is 45.1 Å². The van der Waals surface area contributed by atoms with E-state index in [2.05, 4.69) is 12.3 Å². The molecule has 3 nitrogen and oxygen atoms in total. The zero-order valence-corrected chi connectivity index (χ0v) is 12.3. The molecule has 2 rings (SSSR count). The van der Waals surface area contributed by atoms with Crippen molar-refractivity contribution in [3.63, 3.8) is 0 Å². The number of hydrogen-bond acceptors (Lipinski definition) is 3. The summed E-state index contributed by atoms with van der Waals surface area (Å²) in [6, 6.07) is 5.83. The van der Waals surface area contributed by atoms with Crippen molar-refractivity contribution in [2.75, 3.05) is 5.73 Å². The third kappa shape index (κ3) is 3.22. The van der Waals surface area contributed by atoms with Gasteiger partial charge in [0.05, 0.1) is 6.04 Å². The van der Waals surface area contributed by atoms with Gasteiger partial charge in [0.25, 0.3) is 0 Å². The molecule has 3 unspecified atom stereocenters. The Balaban J connectivity index is 2.27. The molecule has 1 fully saturated rings. The normalized spacial score (nSPS) is 25.2. The average Bonchev–Trinajstić information content (AvgIpc) is 2.42. The Labute approximate surface area is 120 Å². The second-order valence-electron chi connectivity index (χ2n) is 5.53. The minimum absolute atomic E-state index is 0.127. The molecule has 106 valence electrons. The van der Waals surface area contributed by atoms with Crippen molar-refractivity contribution < 1.29 is 0 Å². The Morgan fingerprint density at radius 1 is 1.37 bits per heavy atom. The lowest BCUT2D eigenvalue weighted by Crippen LogP contribution is -2.38. The van der Waals surface area contributed by atoms with Crippen LogP contribution in [0.4, 0.5) is 5.69 Å². The maximum atomic E-state index is 6.11. The number of halogens is 1. The molecule has 1 saturated carbocycles. The monoisotopic (exact) mass is 281 g/mol. The molecule has 1 aromatic carbocycles. The van der Waals surface area contributed by atoms with Crippen molar-refractivity contribution in [1.82, 2.24) is 5.43 Å². The lowest BCUT2D eigenvalue weighted by Gasteiger charge is -2.37. The summed E-state index contributed by atoms with van der Waals surface area (Å²) >= 11 is 5.97. The molecule has 0 aromatic heterocycles. The highest BCUT2D eigenvalue weighted by Gasteiger charge is 2.32. The van der Waals surface area contributed by atoms with Crippen molar-refractivity contribution in [3.05, 3.63) is 28.8 Å².